The minimum Gasteiger partial charge on any atom is -0.494 e. The molecule has 1 heterocycles. The molecule has 0 saturated carbocycles. The van der Waals surface area contributed by atoms with Crippen LogP contribution in [0, 0.1) is 13.8 Å². The molecule has 2 rings (SSSR count). The Labute approximate surface area is 140 Å². The molecule has 0 amide bonds. The molecule has 2 aromatic rings. The fourth-order valence-electron chi connectivity index (χ4n) is 2.08. The number of alkyl halides is 1. The zero-order chi connectivity index (χ0) is 15.2. The summed E-state index contributed by atoms with van der Waals surface area (Å²) in [6.07, 6.45) is 3.07. The standard InChI is InChI=1S/C16H19Cl2NOS/c1-11-7-14(8-12(2)16(11)18)20-6-4-3-5-15-19-13(9-17)10-21-15/h7-8,10H,3-6,9H2,1-2H3. The van der Waals surface area contributed by atoms with Gasteiger partial charge in [-0.2, -0.15) is 0 Å². The zero-order valence-electron chi connectivity index (χ0n) is 12.3. The van der Waals surface area contributed by atoms with Crippen molar-refractivity contribution >= 4 is 34.5 Å². The minimum absolute atomic E-state index is 0.495. The third kappa shape index (κ3) is 4.87. The van der Waals surface area contributed by atoms with Crippen LogP contribution in [0.3, 0.4) is 0 Å². The normalized spacial score (nSPS) is 10.9. The largest absolute Gasteiger partial charge is 0.494 e. The summed E-state index contributed by atoms with van der Waals surface area (Å²) < 4.78 is 5.79. The molecule has 0 bridgehead atoms. The number of ether oxygens (including phenoxy) is 1. The van der Waals surface area contributed by atoms with Crippen molar-refractivity contribution in [1.82, 2.24) is 4.98 Å². The number of rotatable bonds is 7. The van der Waals surface area contributed by atoms with Gasteiger partial charge in [0.1, 0.15) is 5.75 Å². The second-order valence-corrected chi connectivity index (χ2v) is 6.63. The van der Waals surface area contributed by atoms with Crippen LogP contribution in [0.2, 0.25) is 5.02 Å². The SMILES string of the molecule is Cc1cc(OCCCCc2nc(CCl)cs2)cc(C)c1Cl. The predicted octanol–water partition coefficient (Wildman–Crippen LogP) is 5.55. The Morgan fingerprint density at radius 2 is 1.90 bits per heavy atom. The molecule has 1 aromatic heterocycles. The van der Waals surface area contributed by atoms with Crippen LogP contribution in [0.25, 0.3) is 0 Å². The number of hydrogen-bond donors (Lipinski definition) is 0. The first kappa shape index (κ1) is 16.6. The predicted molar refractivity (Wildman–Crippen MR) is 91.0 cm³/mol. The van der Waals surface area contributed by atoms with Gasteiger partial charge in [0.15, 0.2) is 0 Å². The van der Waals surface area contributed by atoms with E-state index in [0.29, 0.717) is 12.5 Å². The maximum atomic E-state index is 6.14. The van der Waals surface area contributed by atoms with Crippen molar-refractivity contribution in [3.8, 4) is 5.75 Å². The summed E-state index contributed by atoms with van der Waals surface area (Å²) in [5, 5.41) is 4.00. The number of halogens is 2. The van der Waals surface area contributed by atoms with Gasteiger partial charge in [0.25, 0.3) is 0 Å². The highest BCUT2D eigenvalue weighted by Gasteiger charge is 2.04. The summed E-state index contributed by atoms with van der Waals surface area (Å²) >= 11 is 13.6. The highest BCUT2D eigenvalue weighted by molar-refractivity contribution is 7.09. The molecular weight excluding hydrogens is 325 g/mol. The van der Waals surface area contributed by atoms with Crippen molar-refractivity contribution in [3.05, 3.63) is 44.4 Å². The number of nitrogens with zero attached hydrogens (tertiary/aromatic N) is 1. The number of benzene rings is 1. The summed E-state index contributed by atoms with van der Waals surface area (Å²) in [7, 11) is 0. The molecule has 2 nitrogen and oxygen atoms in total. The number of unbranched alkanes of at least 4 members (excludes halogenated alkanes) is 1. The summed E-state index contributed by atoms with van der Waals surface area (Å²) in [6.45, 7) is 4.71. The third-order valence-electron chi connectivity index (χ3n) is 3.20. The van der Waals surface area contributed by atoms with E-state index in [-0.39, 0.29) is 0 Å². The van der Waals surface area contributed by atoms with Crippen molar-refractivity contribution < 1.29 is 4.74 Å². The van der Waals surface area contributed by atoms with E-state index in [4.69, 9.17) is 27.9 Å². The van der Waals surface area contributed by atoms with Gasteiger partial charge in [-0.3, -0.25) is 0 Å². The highest BCUT2D eigenvalue weighted by atomic mass is 35.5. The van der Waals surface area contributed by atoms with E-state index < -0.39 is 0 Å². The Bertz CT molecular complexity index is 575. The van der Waals surface area contributed by atoms with Crippen LogP contribution in [0.1, 0.15) is 34.7 Å². The van der Waals surface area contributed by atoms with Crippen LogP contribution < -0.4 is 4.74 Å². The lowest BCUT2D eigenvalue weighted by Crippen LogP contribution is -1.99. The Morgan fingerprint density at radius 1 is 1.19 bits per heavy atom. The van der Waals surface area contributed by atoms with Gasteiger partial charge in [0.05, 0.1) is 23.2 Å². The first-order chi connectivity index (χ1) is 10.1. The van der Waals surface area contributed by atoms with Crippen LogP contribution in [0.4, 0.5) is 0 Å². The minimum atomic E-state index is 0.495. The topological polar surface area (TPSA) is 22.1 Å². The fraction of sp³-hybridized carbons (Fsp3) is 0.438. The number of aromatic nitrogens is 1. The fourth-order valence-corrected chi connectivity index (χ4v) is 3.26. The van der Waals surface area contributed by atoms with E-state index in [9.17, 15) is 0 Å². The molecule has 0 N–H and O–H groups in total. The molecule has 0 aliphatic heterocycles. The second kappa shape index (κ2) is 8.02. The molecule has 0 radical (unpaired) electrons. The molecule has 0 saturated heterocycles. The van der Waals surface area contributed by atoms with Gasteiger partial charge in [-0.15, -0.1) is 22.9 Å². The maximum Gasteiger partial charge on any atom is 0.119 e. The van der Waals surface area contributed by atoms with Gasteiger partial charge < -0.3 is 4.74 Å². The Balaban J connectivity index is 1.72. The smallest absolute Gasteiger partial charge is 0.119 e. The summed E-state index contributed by atoms with van der Waals surface area (Å²) in [5.41, 5.74) is 3.09. The number of aryl methyl sites for hydroxylation is 3. The summed E-state index contributed by atoms with van der Waals surface area (Å²) in [6, 6.07) is 3.98. The first-order valence-corrected chi connectivity index (χ1v) is 8.78. The van der Waals surface area contributed by atoms with Crippen LogP contribution >= 0.6 is 34.5 Å². The molecule has 21 heavy (non-hydrogen) atoms. The van der Waals surface area contributed by atoms with Gasteiger partial charge >= 0.3 is 0 Å². The Morgan fingerprint density at radius 3 is 2.52 bits per heavy atom. The van der Waals surface area contributed by atoms with E-state index in [1.165, 1.54) is 0 Å². The van der Waals surface area contributed by atoms with Crippen molar-refractivity contribution in [2.45, 2.75) is 39.0 Å². The molecular formula is C16H19Cl2NOS. The van der Waals surface area contributed by atoms with Crippen LogP contribution in [-0.2, 0) is 12.3 Å². The quantitative estimate of drug-likeness (QED) is 0.485. The van der Waals surface area contributed by atoms with Crippen molar-refractivity contribution in [3.63, 3.8) is 0 Å². The van der Waals surface area contributed by atoms with Gasteiger partial charge in [0, 0.05) is 10.4 Å². The molecule has 5 heteroatoms. The van der Waals surface area contributed by atoms with Crippen molar-refractivity contribution in [2.24, 2.45) is 0 Å². The highest BCUT2D eigenvalue weighted by Crippen LogP contribution is 2.26. The molecule has 0 atom stereocenters. The van der Waals surface area contributed by atoms with E-state index >= 15 is 0 Å². The van der Waals surface area contributed by atoms with Gasteiger partial charge in [-0.05, 0) is 56.4 Å². The lowest BCUT2D eigenvalue weighted by molar-refractivity contribution is 0.306. The van der Waals surface area contributed by atoms with Gasteiger partial charge in [-0.1, -0.05) is 11.6 Å². The van der Waals surface area contributed by atoms with E-state index in [2.05, 4.69) is 4.98 Å². The molecule has 114 valence electrons. The average molecular weight is 344 g/mol. The number of thiazole rings is 1. The number of hydrogen-bond acceptors (Lipinski definition) is 3. The molecule has 0 fully saturated rings. The maximum absolute atomic E-state index is 6.14. The van der Waals surface area contributed by atoms with E-state index in [1.54, 1.807) is 11.3 Å². The van der Waals surface area contributed by atoms with Gasteiger partial charge in [0.2, 0.25) is 0 Å². The first-order valence-electron chi connectivity index (χ1n) is 6.99. The van der Waals surface area contributed by atoms with Crippen LogP contribution in [0.5, 0.6) is 5.75 Å². The van der Waals surface area contributed by atoms with Crippen LogP contribution in [-0.4, -0.2) is 11.6 Å². The molecule has 1 aromatic carbocycles. The van der Waals surface area contributed by atoms with E-state index in [0.717, 1.165) is 51.9 Å². The van der Waals surface area contributed by atoms with Gasteiger partial charge in [-0.25, -0.2) is 4.98 Å². The average Bonchev–Trinajstić information content (AvgIpc) is 2.92. The zero-order valence-corrected chi connectivity index (χ0v) is 14.6. The molecule has 0 aliphatic rings. The molecule has 0 spiro atoms. The van der Waals surface area contributed by atoms with Crippen molar-refractivity contribution in [2.75, 3.05) is 6.61 Å². The van der Waals surface area contributed by atoms with Crippen molar-refractivity contribution in [1.29, 1.82) is 0 Å². The summed E-state index contributed by atoms with van der Waals surface area (Å²) in [5.74, 6) is 1.39. The Kier molecular flexibility index (Phi) is 6.34. The second-order valence-electron chi connectivity index (χ2n) is 5.04. The third-order valence-corrected chi connectivity index (χ3v) is 5.03. The monoisotopic (exact) mass is 343 g/mol. The van der Waals surface area contributed by atoms with Crippen LogP contribution in [0.15, 0.2) is 17.5 Å². The lowest BCUT2D eigenvalue weighted by Gasteiger charge is -2.09. The lowest BCUT2D eigenvalue weighted by atomic mass is 10.1. The molecule has 0 aliphatic carbocycles. The summed E-state index contributed by atoms with van der Waals surface area (Å²) in [4.78, 5) is 4.45. The Hall–Kier alpha value is -0.770. The van der Waals surface area contributed by atoms with E-state index in [1.807, 2.05) is 31.4 Å². The molecule has 0 unspecified atom stereocenters.